The molecule has 0 aliphatic heterocycles. The summed E-state index contributed by atoms with van der Waals surface area (Å²) in [4.78, 5) is 9.93. The third-order valence-corrected chi connectivity index (χ3v) is 3.37. The monoisotopic (exact) mass is 287 g/mol. The van der Waals surface area contributed by atoms with Gasteiger partial charge in [-0.3, -0.25) is 0 Å². The fraction of sp³-hybridized carbons (Fsp3) is 0.941. The second kappa shape index (κ2) is 11.1. The van der Waals surface area contributed by atoms with Gasteiger partial charge in [-0.15, -0.1) is 0 Å². The zero-order valence-electron chi connectivity index (χ0n) is 14.9. The van der Waals surface area contributed by atoms with Crippen LogP contribution in [0.4, 0.5) is 0 Å². The molecule has 0 atom stereocenters. The number of rotatable bonds is 8. The first kappa shape index (κ1) is 21.7. The maximum atomic E-state index is 9.93. The lowest BCUT2D eigenvalue weighted by Crippen LogP contribution is -2.45. The van der Waals surface area contributed by atoms with Crippen molar-refractivity contribution in [2.45, 2.75) is 73.6 Å². The highest BCUT2D eigenvalue weighted by molar-refractivity contribution is 5.64. The number of carbonyl (C=O) groups excluding carboxylic acids is 1. The summed E-state index contributed by atoms with van der Waals surface area (Å²) in [6, 6.07) is 0. The minimum absolute atomic E-state index is 0.111. The number of hydrogen-bond acceptors (Lipinski definition) is 2. The van der Waals surface area contributed by atoms with Crippen LogP contribution in [0.15, 0.2) is 0 Å². The first-order valence-electron chi connectivity index (χ1n) is 8.13. The number of aliphatic carboxylic acids is 1. The maximum absolute atomic E-state index is 9.93. The second-order valence-electron chi connectivity index (χ2n) is 7.22. The van der Waals surface area contributed by atoms with Crippen LogP contribution in [0.3, 0.4) is 0 Å². The smallest absolute Gasteiger partial charge is 0.0781 e. The van der Waals surface area contributed by atoms with Crippen LogP contribution in [0.25, 0.3) is 0 Å². The summed E-state index contributed by atoms with van der Waals surface area (Å²) in [7, 11) is 2.39. The van der Waals surface area contributed by atoms with Crippen molar-refractivity contribution in [2.75, 3.05) is 26.7 Å². The Morgan fingerprint density at radius 2 is 1.30 bits per heavy atom. The molecule has 0 aromatic carbocycles. The third-order valence-electron chi connectivity index (χ3n) is 3.37. The Morgan fingerprint density at radius 3 is 1.45 bits per heavy atom. The normalized spacial score (nSPS) is 11.8. The van der Waals surface area contributed by atoms with Crippen LogP contribution < -0.4 is 5.11 Å². The van der Waals surface area contributed by atoms with Gasteiger partial charge in [0, 0.05) is 5.97 Å². The van der Waals surface area contributed by atoms with Crippen molar-refractivity contribution in [3.63, 3.8) is 0 Å². The third kappa shape index (κ3) is 15.5. The largest absolute Gasteiger partial charge is 0.550 e. The molecule has 122 valence electrons. The van der Waals surface area contributed by atoms with E-state index in [9.17, 15) is 9.90 Å². The quantitative estimate of drug-likeness (QED) is 0.643. The molecule has 0 unspecified atom stereocenters. The highest BCUT2D eigenvalue weighted by Gasteiger charge is 2.16. The lowest BCUT2D eigenvalue weighted by atomic mass is 9.91. The molecule has 0 radical (unpaired) electrons. The van der Waals surface area contributed by atoms with Gasteiger partial charge in [-0.1, -0.05) is 41.5 Å². The van der Waals surface area contributed by atoms with Gasteiger partial charge in [0.05, 0.1) is 26.7 Å². The summed E-state index contributed by atoms with van der Waals surface area (Å²) >= 11 is 0. The molecule has 0 aromatic rings. The molecule has 0 bridgehead atoms. The molecule has 20 heavy (non-hydrogen) atoms. The van der Waals surface area contributed by atoms with Crippen molar-refractivity contribution < 1.29 is 14.4 Å². The van der Waals surface area contributed by atoms with Gasteiger partial charge in [0.2, 0.25) is 0 Å². The van der Waals surface area contributed by atoms with E-state index in [4.69, 9.17) is 0 Å². The molecule has 0 aliphatic rings. The Kier molecular flexibility index (Phi) is 12.1. The van der Waals surface area contributed by atoms with Crippen LogP contribution in [0, 0.1) is 5.41 Å². The lowest BCUT2D eigenvalue weighted by Gasteiger charge is -2.33. The van der Waals surface area contributed by atoms with Crippen molar-refractivity contribution in [2.24, 2.45) is 5.41 Å². The van der Waals surface area contributed by atoms with Gasteiger partial charge in [0.1, 0.15) is 0 Å². The van der Waals surface area contributed by atoms with Crippen molar-refractivity contribution in [1.82, 2.24) is 0 Å². The zero-order valence-corrected chi connectivity index (χ0v) is 14.9. The van der Waals surface area contributed by atoms with Crippen molar-refractivity contribution in [3.05, 3.63) is 0 Å². The Balaban J connectivity index is 0. The minimum Gasteiger partial charge on any atom is -0.550 e. The van der Waals surface area contributed by atoms with E-state index in [0.29, 0.717) is 6.42 Å². The summed E-state index contributed by atoms with van der Waals surface area (Å²) in [5.74, 6) is -0.954. The van der Waals surface area contributed by atoms with E-state index in [0.717, 1.165) is 0 Å². The number of nitrogens with zero attached hydrogens (tertiary/aromatic N) is 1. The summed E-state index contributed by atoms with van der Waals surface area (Å²) in [5.41, 5.74) is 0.111. The number of carbonyl (C=O) groups is 1. The maximum Gasteiger partial charge on any atom is 0.0781 e. The standard InChI is InChI=1S/C10H24N.C7H14O2/c1-5-8-11(4,9-6-2)10-7-3;1-7(2,3)5-4-6(8)9/h5-10H2,1-4H3;4-5H2,1-3H3,(H,8,9)/q+1;/p-1. The van der Waals surface area contributed by atoms with Crippen molar-refractivity contribution in [3.8, 4) is 0 Å². The van der Waals surface area contributed by atoms with E-state index < -0.39 is 5.97 Å². The molecule has 0 N–H and O–H groups in total. The van der Waals surface area contributed by atoms with Crippen LogP contribution >= 0.6 is 0 Å². The Bertz CT molecular complexity index is 227. The predicted molar refractivity (Wildman–Crippen MR) is 85.4 cm³/mol. The summed E-state index contributed by atoms with van der Waals surface area (Å²) in [5, 5.41) is 9.93. The molecular weight excluding hydrogens is 250 g/mol. The molecule has 0 rings (SSSR count). The minimum atomic E-state index is -0.954. The van der Waals surface area contributed by atoms with Crippen LogP contribution in [0.5, 0.6) is 0 Å². The molecule has 0 saturated heterocycles. The summed E-state index contributed by atoms with van der Waals surface area (Å²) in [6.07, 6.45) is 4.81. The molecule has 0 aromatic heterocycles. The first-order valence-corrected chi connectivity index (χ1v) is 8.13. The fourth-order valence-corrected chi connectivity index (χ4v) is 2.43. The van der Waals surface area contributed by atoms with Crippen molar-refractivity contribution in [1.29, 1.82) is 0 Å². The van der Waals surface area contributed by atoms with Crippen LogP contribution in [0.1, 0.15) is 73.6 Å². The zero-order chi connectivity index (χ0) is 16.2. The van der Waals surface area contributed by atoms with Gasteiger partial charge in [-0.05, 0) is 37.5 Å². The molecule has 3 nitrogen and oxygen atoms in total. The van der Waals surface area contributed by atoms with Gasteiger partial charge in [0.25, 0.3) is 0 Å². The first-order chi connectivity index (χ1) is 9.10. The van der Waals surface area contributed by atoms with Gasteiger partial charge in [-0.2, -0.15) is 0 Å². The Hall–Kier alpha value is -0.570. The number of hydrogen-bond donors (Lipinski definition) is 0. The van der Waals surface area contributed by atoms with E-state index in [1.807, 2.05) is 20.8 Å². The average Bonchev–Trinajstić information content (AvgIpc) is 2.27. The summed E-state index contributed by atoms with van der Waals surface area (Å²) in [6.45, 7) is 16.9. The highest BCUT2D eigenvalue weighted by Crippen LogP contribution is 2.19. The molecule has 0 saturated carbocycles. The molecule has 0 fully saturated rings. The van der Waals surface area contributed by atoms with E-state index in [2.05, 4.69) is 27.8 Å². The lowest BCUT2D eigenvalue weighted by molar-refractivity contribution is -0.909. The SMILES string of the molecule is CC(C)(C)CCC(=O)[O-].CCC[N+](C)(CCC)CCC. The predicted octanol–water partition coefficient (Wildman–Crippen LogP) is 3.23. The molecule has 0 aliphatic carbocycles. The van der Waals surface area contributed by atoms with Gasteiger partial charge in [-0.25, -0.2) is 0 Å². The van der Waals surface area contributed by atoms with Crippen LogP contribution in [-0.4, -0.2) is 37.1 Å². The fourth-order valence-electron chi connectivity index (χ4n) is 2.43. The van der Waals surface area contributed by atoms with Crippen LogP contribution in [-0.2, 0) is 4.79 Å². The molecule has 0 heterocycles. The van der Waals surface area contributed by atoms with Crippen molar-refractivity contribution >= 4 is 5.97 Å². The van der Waals surface area contributed by atoms with Gasteiger partial charge in [0.15, 0.2) is 0 Å². The second-order valence-corrected chi connectivity index (χ2v) is 7.22. The Labute approximate surface area is 127 Å². The number of carboxylic acid groups (broad SMARTS) is 1. The van der Waals surface area contributed by atoms with Gasteiger partial charge >= 0.3 is 0 Å². The number of carboxylic acids is 1. The van der Waals surface area contributed by atoms with E-state index in [1.54, 1.807) is 0 Å². The molecule has 0 spiro atoms. The van der Waals surface area contributed by atoms with E-state index in [-0.39, 0.29) is 11.8 Å². The highest BCUT2D eigenvalue weighted by atomic mass is 16.4. The number of quaternary nitrogens is 1. The molecule has 3 heteroatoms. The van der Waals surface area contributed by atoms with E-state index in [1.165, 1.54) is 43.4 Å². The van der Waals surface area contributed by atoms with E-state index >= 15 is 0 Å². The van der Waals surface area contributed by atoms with Crippen LogP contribution in [0.2, 0.25) is 0 Å². The molecule has 0 amide bonds. The van der Waals surface area contributed by atoms with Gasteiger partial charge < -0.3 is 14.4 Å². The topological polar surface area (TPSA) is 40.1 Å². The molecular formula is C17H37NO2. The average molecular weight is 287 g/mol. The Morgan fingerprint density at radius 1 is 0.950 bits per heavy atom. The summed E-state index contributed by atoms with van der Waals surface area (Å²) < 4.78 is 1.28.